The predicted octanol–water partition coefficient (Wildman–Crippen LogP) is 13.4. The molecule has 9 aromatic rings. The van der Waals surface area contributed by atoms with Crippen LogP contribution in [0.15, 0.2) is 199 Å². The van der Waals surface area contributed by atoms with E-state index in [1.165, 1.54) is 27.8 Å². The summed E-state index contributed by atoms with van der Waals surface area (Å²) in [5.41, 5.74) is 12.9. The molecule has 0 amide bonds. The van der Waals surface area contributed by atoms with E-state index in [2.05, 4.69) is 170 Å². The fourth-order valence-corrected chi connectivity index (χ4v) is 7.55. The van der Waals surface area contributed by atoms with E-state index in [1.54, 1.807) is 0 Å². The lowest BCUT2D eigenvalue weighted by Gasteiger charge is -2.15. The summed E-state index contributed by atoms with van der Waals surface area (Å²) in [6, 6.07) is 59.5. The number of allylic oxidation sites excluding steroid dienone is 4. The Morgan fingerprint density at radius 1 is 0.418 bits per heavy atom. The van der Waals surface area contributed by atoms with Crippen LogP contribution in [0.3, 0.4) is 0 Å². The molecule has 0 saturated heterocycles. The molecule has 0 spiro atoms. The highest BCUT2D eigenvalue weighted by atomic mass is 16.3. The van der Waals surface area contributed by atoms with Gasteiger partial charge in [0.15, 0.2) is 11.6 Å². The number of hydrogen-bond donors (Lipinski definition) is 0. The minimum atomic E-state index is 0.0667. The molecule has 55 heavy (non-hydrogen) atoms. The molecule has 2 heterocycles. The highest BCUT2D eigenvalue weighted by Crippen LogP contribution is 2.39. The van der Waals surface area contributed by atoms with Crippen LogP contribution in [-0.2, 0) is 0 Å². The Labute approximate surface area is 319 Å². The SMILES string of the molecule is C1=CCC(c2nc(-c3ccc(-c4ccccc4)cc3)nc(-c3cccc4oc5cc(-c6ccc(-c7ccc(-c8ccccc8)cc7)cc6)ccc5c34)n2)C=C1. The van der Waals surface area contributed by atoms with Crippen molar-refractivity contribution in [1.82, 2.24) is 15.0 Å². The topological polar surface area (TPSA) is 51.8 Å². The molecule has 7 aromatic carbocycles. The lowest BCUT2D eigenvalue weighted by Crippen LogP contribution is -2.08. The van der Waals surface area contributed by atoms with E-state index in [4.69, 9.17) is 19.4 Å². The van der Waals surface area contributed by atoms with Gasteiger partial charge >= 0.3 is 0 Å². The lowest BCUT2D eigenvalue weighted by atomic mass is 9.97. The second-order valence-corrected chi connectivity index (χ2v) is 14.0. The molecule has 260 valence electrons. The minimum absolute atomic E-state index is 0.0667. The second kappa shape index (κ2) is 14.0. The first-order valence-electron chi connectivity index (χ1n) is 18.7. The molecule has 0 radical (unpaired) electrons. The molecule has 1 aliphatic carbocycles. The quantitative estimate of drug-likeness (QED) is 0.166. The molecule has 0 saturated carbocycles. The maximum atomic E-state index is 6.54. The molecule has 0 fully saturated rings. The molecule has 4 heteroatoms. The fourth-order valence-electron chi connectivity index (χ4n) is 7.55. The van der Waals surface area contributed by atoms with Crippen LogP contribution in [0.25, 0.3) is 89.2 Å². The number of hydrogen-bond acceptors (Lipinski definition) is 4. The van der Waals surface area contributed by atoms with Crippen LogP contribution < -0.4 is 0 Å². The average Bonchev–Trinajstić information content (AvgIpc) is 3.66. The van der Waals surface area contributed by atoms with Gasteiger partial charge in [-0.05, 0) is 69.1 Å². The average molecular weight is 706 g/mol. The summed E-state index contributed by atoms with van der Waals surface area (Å²) in [6.07, 6.45) is 9.33. The van der Waals surface area contributed by atoms with Crippen molar-refractivity contribution in [2.24, 2.45) is 0 Å². The summed E-state index contributed by atoms with van der Waals surface area (Å²) in [6.45, 7) is 0. The Morgan fingerprint density at radius 2 is 0.945 bits per heavy atom. The zero-order chi connectivity index (χ0) is 36.6. The van der Waals surface area contributed by atoms with Gasteiger partial charge in [0.2, 0.25) is 0 Å². The molecular formula is C51H35N3O. The van der Waals surface area contributed by atoms with Crippen LogP contribution in [0.2, 0.25) is 0 Å². The molecule has 1 unspecified atom stereocenters. The molecular weight excluding hydrogens is 671 g/mol. The molecule has 10 rings (SSSR count). The standard InChI is InChI=1S/C51H35N3O/c1-4-11-34(12-5-1)36-19-21-38(22-20-36)39-23-25-40(26-24-39)43-31-32-44-47(33-43)55-46-18-10-17-45(48(44)46)51-53-49(41-15-8-3-9-16-41)52-50(54-51)42-29-27-37(28-30-42)35-13-6-2-7-14-35/h1-15,17-33,41H,16H2. The smallest absolute Gasteiger partial charge is 0.164 e. The Kier molecular flexibility index (Phi) is 8.27. The van der Waals surface area contributed by atoms with Gasteiger partial charge in [-0.25, -0.2) is 15.0 Å². The first-order chi connectivity index (χ1) is 27.2. The Bertz CT molecular complexity index is 2850. The van der Waals surface area contributed by atoms with Gasteiger partial charge in [-0.1, -0.05) is 176 Å². The number of fused-ring (bicyclic) bond motifs is 3. The van der Waals surface area contributed by atoms with E-state index >= 15 is 0 Å². The van der Waals surface area contributed by atoms with Gasteiger partial charge in [0, 0.05) is 27.8 Å². The van der Waals surface area contributed by atoms with Crippen molar-refractivity contribution in [3.63, 3.8) is 0 Å². The summed E-state index contributed by atoms with van der Waals surface area (Å²) in [7, 11) is 0. The van der Waals surface area contributed by atoms with E-state index in [0.717, 1.165) is 62.0 Å². The lowest BCUT2D eigenvalue weighted by molar-refractivity contribution is 0.669. The summed E-state index contributed by atoms with van der Waals surface area (Å²) >= 11 is 0. The van der Waals surface area contributed by atoms with Crippen LogP contribution in [0, 0.1) is 0 Å². The Hall–Kier alpha value is -7.17. The van der Waals surface area contributed by atoms with E-state index in [0.29, 0.717) is 11.6 Å². The molecule has 0 bridgehead atoms. The Balaban J connectivity index is 0.997. The number of rotatable bonds is 7. The Morgan fingerprint density at radius 3 is 1.53 bits per heavy atom. The van der Waals surface area contributed by atoms with Crippen LogP contribution in [-0.4, -0.2) is 15.0 Å². The number of nitrogens with zero attached hydrogens (tertiary/aromatic N) is 3. The third kappa shape index (κ3) is 6.34. The number of furan rings is 1. The van der Waals surface area contributed by atoms with E-state index in [9.17, 15) is 0 Å². The summed E-state index contributed by atoms with van der Waals surface area (Å²) < 4.78 is 6.54. The van der Waals surface area contributed by atoms with E-state index < -0.39 is 0 Å². The van der Waals surface area contributed by atoms with Gasteiger partial charge in [-0.15, -0.1) is 0 Å². The van der Waals surface area contributed by atoms with Gasteiger partial charge in [-0.2, -0.15) is 0 Å². The molecule has 0 N–H and O–H groups in total. The third-order valence-electron chi connectivity index (χ3n) is 10.5. The van der Waals surface area contributed by atoms with Gasteiger partial charge in [-0.3, -0.25) is 0 Å². The highest BCUT2D eigenvalue weighted by molar-refractivity contribution is 6.12. The maximum Gasteiger partial charge on any atom is 0.164 e. The molecule has 2 aromatic heterocycles. The summed E-state index contributed by atoms with van der Waals surface area (Å²) in [4.78, 5) is 15.3. The molecule has 1 aliphatic rings. The fraction of sp³-hybridized carbons (Fsp3) is 0.0392. The van der Waals surface area contributed by atoms with Crippen molar-refractivity contribution in [1.29, 1.82) is 0 Å². The van der Waals surface area contributed by atoms with Crippen molar-refractivity contribution in [2.45, 2.75) is 12.3 Å². The summed E-state index contributed by atoms with van der Waals surface area (Å²) in [5, 5.41) is 2.03. The largest absolute Gasteiger partial charge is 0.456 e. The van der Waals surface area contributed by atoms with E-state index in [1.807, 2.05) is 24.3 Å². The molecule has 4 nitrogen and oxygen atoms in total. The van der Waals surface area contributed by atoms with Gasteiger partial charge in [0.05, 0.1) is 0 Å². The monoisotopic (exact) mass is 705 g/mol. The normalized spacial score (nSPS) is 13.8. The van der Waals surface area contributed by atoms with Gasteiger partial charge in [0.1, 0.15) is 17.0 Å². The van der Waals surface area contributed by atoms with Gasteiger partial charge in [0.25, 0.3) is 0 Å². The number of benzene rings is 7. The predicted molar refractivity (Wildman–Crippen MR) is 225 cm³/mol. The van der Waals surface area contributed by atoms with Crippen molar-refractivity contribution in [2.75, 3.05) is 0 Å². The minimum Gasteiger partial charge on any atom is -0.456 e. The highest BCUT2D eigenvalue weighted by Gasteiger charge is 2.20. The van der Waals surface area contributed by atoms with Crippen molar-refractivity contribution in [3.8, 4) is 67.3 Å². The van der Waals surface area contributed by atoms with Crippen LogP contribution in [0.4, 0.5) is 0 Å². The van der Waals surface area contributed by atoms with Crippen molar-refractivity contribution in [3.05, 3.63) is 200 Å². The van der Waals surface area contributed by atoms with Crippen LogP contribution in [0.1, 0.15) is 18.2 Å². The van der Waals surface area contributed by atoms with Crippen LogP contribution in [0.5, 0.6) is 0 Å². The van der Waals surface area contributed by atoms with Gasteiger partial charge < -0.3 is 4.42 Å². The second-order valence-electron chi connectivity index (χ2n) is 14.0. The molecule has 0 aliphatic heterocycles. The summed E-state index contributed by atoms with van der Waals surface area (Å²) in [5.74, 6) is 2.12. The maximum absolute atomic E-state index is 6.54. The number of aromatic nitrogens is 3. The third-order valence-corrected chi connectivity index (χ3v) is 10.5. The van der Waals surface area contributed by atoms with Crippen molar-refractivity contribution < 1.29 is 4.42 Å². The zero-order valence-corrected chi connectivity index (χ0v) is 30.0. The van der Waals surface area contributed by atoms with E-state index in [-0.39, 0.29) is 5.92 Å². The first kappa shape index (κ1) is 32.5. The molecule has 1 atom stereocenters. The van der Waals surface area contributed by atoms with Crippen LogP contribution >= 0.6 is 0 Å². The first-order valence-corrected chi connectivity index (χ1v) is 18.7. The zero-order valence-electron chi connectivity index (χ0n) is 30.0. The van der Waals surface area contributed by atoms with Crippen molar-refractivity contribution >= 4 is 21.9 Å².